The number of carbonyl (C=O) groups is 1. The molecule has 6 heteroatoms. The second-order valence-corrected chi connectivity index (χ2v) is 7.15. The third kappa shape index (κ3) is 7.22. The molecule has 0 radical (unpaired) electrons. The van der Waals surface area contributed by atoms with Gasteiger partial charge in [-0.15, -0.1) is 0 Å². The molecule has 1 amide bonds. The maximum absolute atomic E-state index is 13.2. The summed E-state index contributed by atoms with van der Waals surface area (Å²) in [6.45, 7) is 7.25. The number of carbonyl (C=O) groups excluding carboxylic acids is 1. The zero-order chi connectivity index (χ0) is 21.2. The predicted octanol–water partition coefficient (Wildman–Crippen LogP) is 3.57. The fraction of sp³-hybridized carbons (Fsp3) is 0.391. The Hall–Kier alpha value is -2.89. The van der Waals surface area contributed by atoms with Crippen molar-refractivity contribution in [3.05, 3.63) is 70.5 Å². The normalized spacial score (nSPS) is 12.4. The number of hydrogen-bond donors (Lipinski definition) is 3. The third-order valence-electron chi connectivity index (χ3n) is 4.88. The Morgan fingerprint density at radius 3 is 2.48 bits per heavy atom. The molecule has 0 spiro atoms. The number of rotatable bonds is 8. The quantitative estimate of drug-likeness (QED) is 0.470. The van der Waals surface area contributed by atoms with Crippen molar-refractivity contribution in [2.75, 3.05) is 13.6 Å². The van der Waals surface area contributed by atoms with Crippen molar-refractivity contribution in [3.63, 3.8) is 0 Å². The Kier molecular flexibility index (Phi) is 8.65. The van der Waals surface area contributed by atoms with Gasteiger partial charge in [0.15, 0.2) is 5.96 Å². The molecule has 1 unspecified atom stereocenters. The summed E-state index contributed by atoms with van der Waals surface area (Å²) in [6.07, 6.45) is 1.69. The van der Waals surface area contributed by atoms with Crippen molar-refractivity contribution in [1.82, 2.24) is 16.0 Å². The fourth-order valence-corrected chi connectivity index (χ4v) is 2.84. The molecule has 29 heavy (non-hydrogen) atoms. The predicted molar refractivity (Wildman–Crippen MR) is 117 cm³/mol. The van der Waals surface area contributed by atoms with Crippen molar-refractivity contribution in [2.24, 2.45) is 4.99 Å². The molecule has 0 aliphatic rings. The molecule has 0 saturated heterocycles. The molecule has 0 aromatic heterocycles. The summed E-state index contributed by atoms with van der Waals surface area (Å²) in [7, 11) is 1.72. The largest absolute Gasteiger partial charge is 0.356 e. The Bertz CT molecular complexity index is 833. The van der Waals surface area contributed by atoms with Crippen LogP contribution in [-0.4, -0.2) is 31.5 Å². The molecule has 3 N–H and O–H groups in total. The second kappa shape index (κ2) is 11.2. The van der Waals surface area contributed by atoms with Crippen LogP contribution in [0, 0.1) is 12.7 Å². The average molecular weight is 399 g/mol. The van der Waals surface area contributed by atoms with Crippen molar-refractivity contribution < 1.29 is 9.18 Å². The lowest BCUT2D eigenvalue weighted by atomic mass is 10.1. The zero-order valence-electron chi connectivity index (χ0n) is 17.7. The van der Waals surface area contributed by atoms with Crippen molar-refractivity contribution >= 4 is 11.9 Å². The lowest BCUT2D eigenvalue weighted by molar-refractivity contribution is 0.0939. The topological polar surface area (TPSA) is 65.5 Å². The number of nitrogens with one attached hydrogen (secondary N) is 3. The van der Waals surface area contributed by atoms with Gasteiger partial charge in [-0.25, -0.2) is 4.39 Å². The smallest absolute Gasteiger partial charge is 0.251 e. The Morgan fingerprint density at radius 1 is 1.14 bits per heavy atom. The van der Waals surface area contributed by atoms with E-state index in [4.69, 9.17) is 0 Å². The van der Waals surface area contributed by atoms with E-state index in [0.29, 0.717) is 24.6 Å². The van der Waals surface area contributed by atoms with E-state index in [1.54, 1.807) is 13.1 Å². The first-order chi connectivity index (χ1) is 13.9. The number of benzene rings is 2. The number of halogens is 1. The highest BCUT2D eigenvalue weighted by Gasteiger charge is 2.08. The highest BCUT2D eigenvalue weighted by Crippen LogP contribution is 2.10. The highest BCUT2D eigenvalue weighted by atomic mass is 19.1. The van der Waals surface area contributed by atoms with Crippen LogP contribution >= 0.6 is 0 Å². The van der Waals surface area contributed by atoms with E-state index in [2.05, 4.69) is 20.9 Å². The van der Waals surface area contributed by atoms with Crippen LogP contribution in [0.1, 0.15) is 47.3 Å². The van der Waals surface area contributed by atoms with Crippen LogP contribution in [0.15, 0.2) is 47.5 Å². The minimum absolute atomic E-state index is 0.0487. The van der Waals surface area contributed by atoms with Crippen LogP contribution in [0.25, 0.3) is 0 Å². The van der Waals surface area contributed by atoms with Gasteiger partial charge < -0.3 is 16.0 Å². The number of aliphatic imine (C=N–C) groups is 1. The second-order valence-electron chi connectivity index (χ2n) is 7.15. The summed E-state index contributed by atoms with van der Waals surface area (Å²) in [5, 5.41) is 9.50. The van der Waals surface area contributed by atoms with Crippen molar-refractivity contribution in [2.45, 2.75) is 46.2 Å². The number of hydrogen-bond acceptors (Lipinski definition) is 2. The first-order valence-electron chi connectivity index (χ1n) is 10.0. The monoisotopic (exact) mass is 398 g/mol. The maximum atomic E-state index is 13.2. The molecule has 0 bridgehead atoms. The molecular formula is C23H31FN4O. The van der Waals surface area contributed by atoms with Crippen molar-refractivity contribution in [1.29, 1.82) is 0 Å². The summed E-state index contributed by atoms with van der Waals surface area (Å²) in [6, 6.07) is 12.6. The van der Waals surface area contributed by atoms with Crippen LogP contribution in [0.2, 0.25) is 0 Å². The van der Waals surface area contributed by atoms with Gasteiger partial charge in [-0.2, -0.15) is 0 Å². The van der Waals surface area contributed by atoms with E-state index in [1.807, 2.05) is 51.1 Å². The zero-order valence-corrected chi connectivity index (χ0v) is 17.7. The lowest BCUT2D eigenvalue weighted by Crippen LogP contribution is -2.37. The maximum Gasteiger partial charge on any atom is 0.251 e. The SMILES string of the molecule is CCC(C)NC(=O)c1ccc(CNC(=NC)NCCc2ccc(F)cc2C)cc1. The molecule has 2 aromatic carbocycles. The van der Waals surface area contributed by atoms with Gasteiger partial charge in [0.1, 0.15) is 5.82 Å². The van der Waals surface area contributed by atoms with Gasteiger partial charge in [0.2, 0.25) is 0 Å². The third-order valence-corrected chi connectivity index (χ3v) is 4.88. The van der Waals surface area contributed by atoms with Gasteiger partial charge in [-0.1, -0.05) is 25.1 Å². The van der Waals surface area contributed by atoms with Crippen LogP contribution in [0.3, 0.4) is 0 Å². The molecule has 0 aliphatic heterocycles. The van der Waals surface area contributed by atoms with E-state index in [9.17, 15) is 9.18 Å². The number of nitrogens with zero attached hydrogens (tertiary/aromatic N) is 1. The number of aryl methyl sites for hydroxylation is 1. The summed E-state index contributed by atoms with van der Waals surface area (Å²) in [4.78, 5) is 16.4. The van der Waals surface area contributed by atoms with Gasteiger partial charge >= 0.3 is 0 Å². The van der Waals surface area contributed by atoms with E-state index in [0.717, 1.165) is 29.5 Å². The standard InChI is InChI=1S/C23H31FN4O/c1-5-17(3)28-22(29)20-8-6-18(7-9-20)15-27-23(25-4)26-13-12-19-10-11-21(24)14-16(19)2/h6-11,14,17H,5,12-13,15H2,1-4H3,(H,28,29)(H2,25,26,27). The van der Waals surface area contributed by atoms with Crippen molar-refractivity contribution in [3.8, 4) is 0 Å². The lowest BCUT2D eigenvalue weighted by Gasteiger charge is -2.14. The minimum Gasteiger partial charge on any atom is -0.356 e. The Labute approximate surface area is 172 Å². The van der Waals surface area contributed by atoms with Crippen LogP contribution < -0.4 is 16.0 Å². The highest BCUT2D eigenvalue weighted by molar-refractivity contribution is 5.94. The van der Waals surface area contributed by atoms with Gasteiger partial charge in [0, 0.05) is 31.7 Å². The first kappa shape index (κ1) is 22.4. The molecule has 0 saturated carbocycles. The van der Waals surface area contributed by atoms with Gasteiger partial charge in [0.05, 0.1) is 0 Å². The minimum atomic E-state index is -0.208. The van der Waals surface area contributed by atoms with E-state index in [1.165, 1.54) is 6.07 Å². The molecule has 156 valence electrons. The summed E-state index contributed by atoms with van der Waals surface area (Å²) >= 11 is 0. The molecule has 2 rings (SSSR count). The van der Waals surface area contributed by atoms with Crippen LogP contribution in [0.4, 0.5) is 4.39 Å². The molecule has 2 aromatic rings. The van der Waals surface area contributed by atoms with Gasteiger partial charge in [0.25, 0.3) is 5.91 Å². The van der Waals surface area contributed by atoms with E-state index in [-0.39, 0.29) is 17.8 Å². The molecule has 1 atom stereocenters. The van der Waals surface area contributed by atoms with E-state index >= 15 is 0 Å². The molecule has 0 aliphatic carbocycles. The molecule has 0 heterocycles. The fourth-order valence-electron chi connectivity index (χ4n) is 2.84. The number of amides is 1. The molecule has 5 nitrogen and oxygen atoms in total. The molecular weight excluding hydrogens is 367 g/mol. The van der Waals surface area contributed by atoms with Gasteiger partial charge in [-0.05, 0) is 67.6 Å². The van der Waals surface area contributed by atoms with Gasteiger partial charge in [-0.3, -0.25) is 9.79 Å². The first-order valence-corrected chi connectivity index (χ1v) is 10.0. The van der Waals surface area contributed by atoms with Crippen LogP contribution in [-0.2, 0) is 13.0 Å². The van der Waals surface area contributed by atoms with E-state index < -0.39 is 0 Å². The summed E-state index contributed by atoms with van der Waals surface area (Å²) in [5.41, 5.74) is 3.78. The number of guanidine groups is 1. The average Bonchev–Trinajstić information content (AvgIpc) is 2.72. The summed E-state index contributed by atoms with van der Waals surface area (Å²) < 4.78 is 13.2. The Balaban J connectivity index is 1.80. The van der Waals surface area contributed by atoms with Crippen LogP contribution in [0.5, 0.6) is 0 Å². The molecule has 0 fully saturated rings. The summed E-state index contributed by atoms with van der Waals surface area (Å²) in [5.74, 6) is 0.441. The Morgan fingerprint density at radius 2 is 1.86 bits per heavy atom.